The molecule has 0 bridgehead atoms. The molecule has 1 spiro atoms. The van der Waals surface area contributed by atoms with E-state index in [1.165, 1.54) is 23.2 Å². The Balaban J connectivity index is 0.000000406. The highest BCUT2D eigenvalue weighted by Crippen LogP contribution is 2.36. The molecule has 1 aromatic carbocycles. The van der Waals surface area contributed by atoms with E-state index in [-0.39, 0.29) is 18.1 Å². The third-order valence-corrected chi connectivity index (χ3v) is 5.19. The van der Waals surface area contributed by atoms with Crippen LogP contribution in [0.15, 0.2) is 47.6 Å². The summed E-state index contributed by atoms with van der Waals surface area (Å²) in [6.45, 7) is 0.218. The van der Waals surface area contributed by atoms with Crippen LogP contribution in [-0.2, 0) is 4.79 Å². The number of nitrogens with one attached hydrogen (secondary N) is 1. The molecular weight excluding hydrogens is 460 g/mol. The molecule has 2 aromatic rings. The van der Waals surface area contributed by atoms with Crippen molar-refractivity contribution in [2.75, 3.05) is 18.4 Å². The van der Waals surface area contributed by atoms with Gasteiger partial charge >= 0.3 is 12.1 Å². The Labute approximate surface area is 190 Å². The molecule has 1 aromatic heterocycles. The van der Waals surface area contributed by atoms with Gasteiger partial charge < -0.3 is 21.1 Å². The largest absolute Gasteiger partial charge is 0.490 e. The van der Waals surface area contributed by atoms with Gasteiger partial charge in [0.1, 0.15) is 17.6 Å². The molecule has 4 rings (SSSR count). The van der Waals surface area contributed by atoms with Crippen LogP contribution in [0.4, 0.5) is 23.2 Å². The topological polar surface area (TPSA) is 145 Å². The van der Waals surface area contributed by atoms with Gasteiger partial charge in [0.15, 0.2) is 11.8 Å². The lowest BCUT2D eigenvalue weighted by Gasteiger charge is -2.44. The molecule has 0 saturated carbocycles. The van der Waals surface area contributed by atoms with E-state index in [1.807, 2.05) is 30.3 Å². The summed E-state index contributed by atoms with van der Waals surface area (Å²) in [6.07, 6.45) is -4.88. The number of hydrogen-bond donors (Lipinski definition) is 3. The van der Waals surface area contributed by atoms with E-state index in [0.717, 1.165) is 11.3 Å². The summed E-state index contributed by atoms with van der Waals surface area (Å²) in [5, 5.41) is 19.1. The number of aliphatic imine (C=N–C) groups is 1. The lowest BCUT2D eigenvalue weighted by molar-refractivity contribution is -0.192. The van der Waals surface area contributed by atoms with Gasteiger partial charge in [0.05, 0.1) is 12.1 Å². The van der Waals surface area contributed by atoms with Gasteiger partial charge in [-0.1, -0.05) is 12.1 Å². The normalized spacial score (nSPS) is 21.2. The molecule has 4 N–H and O–H groups in total. The minimum atomic E-state index is -5.08. The zero-order chi connectivity index (χ0) is 25.1. The van der Waals surface area contributed by atoms with Gasteiger partial charge in [-0.25, -0.2) is 19.2 Å². The first-order valence-electron chi connectivity index (χ1n) is 9.79. The number of nitrogens with two attached hydrogens (primary N) is 1. The maximum absolute atomic E-state index is 15.2. The van der Waals surface area contributed by atoms with Crippen LogP contribution < -0.4 is 11.1 Å². The zero-order valence-corrected chi connectivity index (χ0v) is 17.4. The minimum Gasteiger partial charge on any atom is -0.475 e. The first-order valence-corrected chi connectivity index (χ1v) is 9.79. The Morgan fingerprint density at radius 1 is 1.26 bits per heavy atom. The number of alkyl halides is 4. The van der Waals surface area contributed by atoms with Crippen molar-refractivity contribution in [3.63, 3.8) is 0 Å². The minimum absolute atomic E-state index is 0.106. The molecular formula is C21H18F4N6O3. The van der Waals surface area contributed by atoms with Crippen molar-refractivity contribution < 1.29 is 32.3 Å². The molecule has 1 saturated heterocycles. The van der Waals surface area contributed by atoms with E-state index in [4.69, 9.17) is 20.9 Å². The highest BCUT2D eigenvalue weighted by Gasteiger charge is 2.47. The van der Waals surface area contributed by atoms with E-state index >= 15 is 4.39 Å². The van der Waals surface area contributed by atoms with E-state index in [0.29, 0.717) is 24.4 Å². The zero-order valence-electron chi connectivity index (χ0n) is 17.4. The molecule has 34 heavy (non-hydrogen) atoms. The van der Waals surface area contributed by atoms with Crippen molar-refractivity contribution in [3.8, 4) is 6.07 Å². The molecule has 9 nitrogen and oxygen atoms in total. The highest BCUT2D eigenvalue weighted by atomic mass is 19.4. The number of hydrogen-bond acceptors (Lipinski definition) is 7. The van der Waals surface area contributed by atoms with Crippen molar-refractivity contribution in [3.05, 3.63) is 59.4 Å². The van der Waals surface area contributed by atoms with Gasteiger partial charge in [-0.3, -0.25) is 4.79 Å². The summed E-state index contributed by atoms with van der Waals surface area (Å²) in [7, 11) is 0. The number of para-hydroxylation sites is 1. The molecule has 2 unspecified atom stereocenters. The van der Waals surface area contributed by atoms with E-state index < -0.39 is 24.0 Å². The van der Waals surface area contributed by atoms with Crippen molar-refractivity contribution in [1.29, 1.82) is 5.26 Å². The fraction of sp³-hybridized carbons (Fsp3) is 0.286. The number of rotatable bonds is 1. The van der Waals surface area contributed by atoms with Crippen LogP contribution >= 0.6 is 0 Å². The number of fused-ring (bicyclic) bond motifs is 1. The molecule has 1 amide bonds. The van der Waals surface area contributed by atoms with Crippen molar-refractivity contribution in [1.82, 2.24) is 9.88 Å². The number of carboxylic acid groups (broad SMARTS) is 1. The number of piperidine rings is 1. The number of amidine groups is 1. The number of anilines is 1. The van der Waals surface area contributed by atoms with Crippen LogP contribution in [0.5, 0.6) is 0 Å². The third-order valence-electron chi connectivity index (χ3n) is 5.19. The van der Waals surface area contributed by atoms with E-state index in [1.54, 1.807) is 0 Å². The fourth-order valence-corrected chi connectivity index (χ4v) is 3.47. The second-order valence-electron chi connectivity index (χ2n) is 7.41. The molecule has 0 aliphatic carbocycles. The molecule has 3 heterocycles. The van der Waals surface area contributed by atoms with Gasteiger partial charge in [-0.15, -0.1) is 0 Å². The molecule has 2 atom stereocenters. The summed E-state index contributed by atoms with van der Waals surface area (Å²) in [5.41, 5.74) is 6.92. The SMILES string of the molecule is N#Cc1ccc(C(=O)N2CCC3(N=C(N)c4ccccc4N3)C(F)C2)cn1.O=C(O)C(F)(F)F. The van der Waals surface area contributed by atoms with Crippen molar-refractivity contribution in [2.45, 2.75) is 24.4 Å². The smallest absolute Gasteiger partial charge is 0.475 e. The number of halogens is 4. The second-order valence-corrected chi connectivity index (χ2v) is 7.41. The predicted octanol–water partition coefficient (Wildman–Crippen LogP) is 2.30. The number of carboxylic acids is 1. The Kier molecular flexibility index (Phi) is 6.71. The number of benzene rings is 1. The first kappa shape index (κ1) is 24.4. The first-order chi connectivity index (χ1) is 16.0. The van der Waals surface area contributed by atoms with Crippen LogP contribution in [0.25, 0.3) is 0 Å². The molecule has 178 valence electrons. The number of nitriles is 1. The van der Waals surface area contributed by atoms with Gasteiger partial charge in [-0.2, -0.15) is 18.4 Å². The van der Waals surface area contributed by atoms with Crippen LogP contribution in [0, 0.1) is 11.3 Å². The number of pyridine rings is 1. The number of aromatic nitrogens is 1. The fourth-order valence-electron chi connectivity index (χ4n) is 3.47. The Morgan fingerprint density at radius 3 is 2.50 bits per heavy atom. The quantitative estimate of drug-likeness (QED) is 0.534. The predicted molar refractivity (Wildman–Crippen MR) is 112 cm³/mol. The maximum Gasteiger partial charge on any atom is 0.490 e. The summed E-state index contributed by atoms with van der Waals surface area (Å²) in [6, 6.07) is 12.3. The highest BCUT2D eigenvalue weighted by molar-refractivity contribution is 6.04. The van der Waals surface area contributed by atoms with Crippen LogP contribution in [0.3, 0.4) is 0 Å². The Morgan fingerprint density at radius 2 is 1.94 bits per heavy atom. The lowest BCUT2D eigenvalue weighted by atomic mass is 9.91. The van der Waals surface area contributed by atoms with Gasteiger partial charge in [0.2, 0.25) is 0 Å². The monoisotopic (exact) mass is 478 g/mol. The van der Waals surface area contributed by atoms with E-state index in [2.05, 4.69) is 15.3 Å². The maximum atomic E-state index is 15.2. The van der Waals surface area contributed by atoms with Crippen LogP contribution in [0.2, 0.25) is 0 Å². The van der Waals surface area contributed by atoms with Crippen molar-refractivity contribution >= 4 is 23.4 Å². The van der Waals surface area contributed by atoms with E-state index in [9.17, 15) is 18.0 Å². The molecule has 13 heteroatoms. The lowest BCUT2D eigenvalue weighted by Crippen LogP contribution is -2.59. The van der Waals surface area contributed by atoms with Gasteiger partial charge in [0, 0.05) is 30.4 Å². The summed E-state index contributed by atoms with van der Waals surface area (Å²) < 4.78 is 46.9. The number of carbonyl (C=O) groups excluding carboxylic acids is 1. The average molecular weight is 478 g/mol. The molecule has 2 aliphatic rings. The summed E-state index contributed by atoms with van der Waals surface area (Å²) >= 11 is 0. The number of likely N-dealkylation sites (tertiary alicyclic amines) is 1. The van der Waals surface area contributed by atoms with Crippen LogP contribution in [-0.4, -0.2) is 63.8 Å². The molecule has 0 radical (unpaired) electrons. The number of amides is 1. The van der Waals surface area contributed by atoms with Crippen LogP contribution in [0.1, 0.15) is 28.0 Å². The average Bonchev–Trinajstić information content (AvgIpc) is 2.80. The Hall–Kier alpha value is -4.21. The van der Waals surface area contributed by atoms with Gasteiger partial charge in [-0.05, 0) is 24.3 Å². The Bertz CT molecular complexity index is 1160. The molecule has 2 aliphatic heterocycles. The summed E-state index contributed by atoms with van der Waals surface area (Å²) in [5.74, 6) is -2.78. The second kappa shape index (κ2) is 9.34. The van der Waals surface area contributed by atoms with Crippen molar-refractivity contribution in [2.24, 2.45) is 10.7 Å². The number of aliphatic carboxylic acids is 1. The summed E-state index contributed by atoms with van der Waals surface area (Å²) in [4.78, 5) is 31.3. The molecule has 1 fully saturated rings. The number of nitrogens with zero attached hydrogens (tertiary/aromatic N) is 4. The number of carbonyl (C=O) groups is 2. The standard InChI is InChI=1S/C19H17FN6O.C2HF3O2/c20-16-11-26(18(27)12-5-6-13(9-21)23-10-12)8-7-19(16)24-15-4-2-1-3-14(15)17(22)25-19;3-2(4,5)1(6)7/h1-6,10,16,24H,7-8,11H2,(H2,22,25);(H,6,7). The van der Waals surface area contributed by atoms with Gasteiger partial charge in [0.25, 0.3) is 5.91 Å². The third kappa shape index (κ3) is 5.06.